The Morgan fingerprint density at radius 3 is 2.80 bits per heavy atom. The van der Waals surface area contributed by atoms with Gasteiger partial charge in [-0.2, -0.15) is 0 Å². The number of pyridine rings is 1. The molecule has 1 heterocycles. The molecule has 0 unspecified atom stereocenters. The molecule has 3 nitrogen and oxygen atoms in total. The van der Waals surface area contributed by atoms with E-state index in [1.165, 1.54) is 0 Å². The molecule has 0 spiro atoms. The van der Waals surface area contributed by atoms with Crippen molar-refractivity contribution in [1.29, 1.82) is 0 Å². The predicted molar refractivity (Wildman–Crippen MR) is 59.5 cm³/mol. The van der Waals surface area contributed by atoms with E-state index in [1.54, 1.807) is 30.5 Å². The van der Waals surface area contributed by atoms with Gasteiger partial charge in [0.2, 0.25) is 0 Å². The Labute approximate surface area is 87.6 Å². The van der Waals surface area contributed by atoms with Crippen molar-refractivity contribution in [1.82, 2.24) is 4.98 Å². The van der Waals surface area contributed by atoms with Gasteiger partial charge in [0.05, 0.1) is 5.69 Å². The standard InChI is InChI=1S/C12H10N2O/c13-11-5-1-3-9(7-11)12-10(8-15)4-2-6-14-12/h1-8H,13H2. The Hall–Kier alpha value is -2.16. The highest BCUT2D eigenvalue weighted by Crippen LogP contribution is 2.21. The molecule has 15 heavy (non-hydrogen) atoms. The normalized spacial score (nSPS) is 9.87. The molecular formula is C12H10N2O. The molecule has 1 aromatic carbocycles. The third-order valence-corrected chi connectivity index (χ3v) is 2.13. The molecule has 3 heteroatoms. The smallest absolute Gasteiger partial charge is 0.152 e. The average Bonchev–Trinajstić information content (AvgIpc) is 2.29. The Bertz CT molecular complexity index is 494. The van der Waals surface area contributed by atoms with Crippen LogP contribution in [-0.2, 0) is 0 Å². The van der Waals surface area contributed by atoms with Gasteiger partial charge in [0.25, 0.3) is 0 Å². The quantitative estimate of drug-likeness (QED) is 0.594. The zero-order valence-electron chi connectivity index (χ0n) is 8.05. The van der Waals surface area contributed by atoms with Crippen molar-refractivity contribution in [3.63, 3.8) is 0 Å². The second-order valence-corrected chi connectivity index (χ2v) is 3.18. The lowest BCUT2D eigenvalue weighted by Gasteiger charge is -2.03. The molecule has 74 valence electrons. The van der Waals surface area contributed by atoms with Crippen LogP contribution in [0.1, 0.15) is 10.4 Å². The van der Waals surface area contributed by atoms with Crippen LogP contribution in [0, 0.1) is 0 Å². The third-order valence-electron chi connectivity index (χ3n) is 2.13. The molecule has 0 aliphatic rings. The lowest BCUT2D eigenvalue weighted by atomic mass is 10.1. The number of hydrogen-bond acceptors (Lipinski definition) is 3. The van der Waals surface area contributed by atoms with Gasteiger partial charge < -0.3 is 5.73 Å². The molecule has 0 bridgehead atoms. The van der Waals surface area contributed by atoms with E-state index in [1.807, 2.05) is 12.1 Å². The molecule has 0 aliphatic carbocycles. The first-order chi connectivity index (χ1) is 7.31. The van der Waals surface area contributed by atoms with Crippen molar-refractivity contribution in [3.8, 4) is 11.3 Å². The summed E-state index contributed by atoms with van der Waals surface area (Å²) in [6, 6.07) is 10.8. The van der Waals surface area contributed by atoms with E-state index in [0.717, 1.165) is 11.8 Å². The van der Waals surface area contributed by atoms with Gasteiger partial charge in [0.15, 0.2) is 6.29 Å². The number of aldehydes is 1. The van der Waals surface area contributed by atoms with Crippen molar-refractivity contribution < 1.29 is 4.79 Å². The summed E-state index contributed by atoms with van der Waals surface area (Å²) in [5, 5.41) is 0. The van der Waals surface area contributed by atoms with Crippen LogP contribution in [0.4, 0.5) is 5.69 Å². The molecule has 2 rings (SSSR count). The van der Waals surface area contributed by atoms with Crippen LogP contribution >= 0.6 is 0 Å². The molecule has 1 aromatic heterocycles. The number of nitrogens with zero attached hydrogens (tertiary/aromatic N) is 1. The van der Waals surface area contributed by atoms with Crippen LogP contribution in [-0.4, -0.2) is 11.3 Å². The molecule has 0 aliphatic heterocycles. The van der Waals surface area contributed by atoms with E-state index >= 15 is 0 Å². The SMILES string of the molecule is Nc1cccc(-c2ncccc2C=O)c1. The van der Waals surface area contributed by atoms with Gasteiger partial charge in [-0.25, -0.2) is 0 Å². The van der Waals surface area contributed by atoms with Gasteiger partial charge >= 0.3 is 0 Å². The third kappa shape index (κ3) is 1.86. The van der Waals surface area contributed by atoms with Crippen LogP contribution in [0.15, 0.2) is 42.6 Å². The molecule has 0 radical (unpaired) electrons. The summed E-state index contributed by atoms with van der Waals surface area (Å²) < 4.78 is 0. The van der Waals surface area contributed by atoms with E-state index in [4.69, 9.17) is 5.73 Å². The first-order valence-electron chi connectivity index (χ1n) is 4.57. The van der Waals surface area contributed by atoms with E-state index in [0.29, 0.717) is 16.9 Å². The first-order valence-corrected chi connectivity index (χ1v) is 4.57. The van der Waals surface area contributed by atoms with Crippen LogP contribution in [0.2, 0.25) is 0 Å². The monoisotopic (exact) mass is 198 g/mol. The molecule has 0 atom stereocenters. The Balaban J connectivity index is 2.58. The minimum atomic E-state index is 0.572. The number of carbonyl (C=O) groups is 1. The molecule has 0 saturated carbocycles. The van der Waals surface area contributed by atoms with Crippen molar-refractivity contribution >= 4 is 12.0 Å². The van der Waals surface area contributed by atoms with E-state index in [-0.39, 0.29) is 0 Å². The summed E-state index contributed by atoms with van der Waals surface area (Å²) in [5.74, 6) is 0. The van der Waals surface area contributed by atoms with Gasteiger partial charge in [-0.15, -0.1) is 0 Å². The predicted octanol–water partition coefficient (Wildman–Crippen LogP) is 2.14. The number of nitrogens with two attached hydrogens (primary N) is 1. The highest BCUT2D eigenvalue weighted by Gasteiger charge is 2.04. The zero-order valence-corrected chi connectivity index (χ0v) is 8.05. The highest BCUT2D eigenvalue weighted by molar-refractivity contribution is 5.85. The van der Waals surface area contributed by atoms with Crippen LogP contribution < -0.4 is 5.73 Å². The van der Waals surface area contributed by atoms with Crippen LogP contribution in [0.3, 0.4) is 0 Å². The van der Waals surface area contributed by atoms with Gasteiger partial charge in [0, 0.05) is 23.0 Å². The highest BCUT2D eigenvalue weighted by atomic mass is 16.1. The number of aromatic nitrogens is 1. The first kappa shape index (κ1) is 9.40. The van der Waals surface area contributed by atoms with Gasteiger partial charge in [-0.05, 0) is 24.3 Å². The zero-order chi connectivity index (χ0) is 10.7. The fourth-order valence-electron chi connectivity index (χ4n) is 1.44. The van der Waals surface area contributed by atoms with Gasteiger partial charge in [0.1, 0.15) is 0 Å². The Morgan fingerprint density at radius 2 is 2.07 bits per heavy atom. The molecule has 0 fully saturated rings. The maximum atomic E-state index is 10.8. The van der Waals surface area contributed by atoms with Gasteiger partial charge in [-0.1, -0.05) is 12.1 Å². The summed E-state index contributed by atoms with van der Waals surface area (Å²) in [6.07, 6.45) is 2.46. The fourth-order valence-corrected chi connectivity index (χ4v) is 1.44. The minimum absolute atomic E-state index is 0.572. The summed E-state index contributed by atoms with van der Waals surface area (Å²) >= 11 is 0. The molecule has 0 saturated heterocycles. The number of carbonyl (C=O) groups excluding carboxylic acids is 1. The number of anilines is 1. The van der Waals surface area contributed by atoms with Crippen LogP contribution in [0.5, 0.6) is 0 Å². The lowest BCUT2D eigenvalue weighted by molar-refractivity contribution is 0.112. The fraction of sp³-hybridized carbons (Fsp3) is 0. The summed E-state index contributed by atoms with van der Waals surface area (Å²) in [7, 11) is 0. The summed E-state index contributed by atoms with van der Waals surface area (Å²) in [6.45, 7) is 0. The maximum Gasteiger partial charge on any atom is 0.152 e. The van der Waals surface area contributed by atoms with E-state index in [2.05, 4.69) is 4.98 Å². The summed E-state index contributed by atoms with van der Waals surface area (Å²) in [5.41, 5.74) is 8.43. The maximum absolute atomic E-state index is 10.8. The van der Waals surface area contributed by atoms with Crippen LogP contribution in [0.25, 0.3) is 11.3 Å². The average molecular weight is 198 g/mol. The lowest BCUT2D eigenvalue weighted by Crippen LogP contribution is -1.92. The van der Waals surface area contributed by atoms with Crippen molar-refractivity contribution in [2.45, 2.75) is 0 Å². The van der Waals surface area contributed by atoms with E-state index in [9.17, 15) is 4.79 Å². The van der Waals surface area contributed by atoms with Gasteiger partial charge in [-0.3, -0.25) is 9.78 Å². The largest absolute Gasteiger partial charge is 0.399 e. The minimum Gasteiger partial charge on any atom is -0.399 e. The molecule has 2 N–H and O–H groups in total. The summed E-state index contributed by atoms with van der Waals surface area (Å²) in [4.78, 5) is 15.0. The molecule has 2 aromatic rings. The molecular weight excluding hydrogens is 188 g/mol. The van der Waals surface area contributed by atoms with Crippen molar-refractivity contribution in [3.05, 3.63) is 48.2 Å². The number of rotatable bonds is 2. The topological polar surface area (TPSA) is 56.0 Å². The number of hydrogen-bond donors (Lipinski definition) is 1. The number of nitrogen functional groups attached to an aromatic ring is 1. The number of benzene rings is 1. The van der Waals surface area contributed by atoms with Crippen molar-refractivity contribution in [2.75, 3.05) is 5.73 Å². The molecule has 0 amide bonds. The van der Waals surface area contributed by atoms with Crippen molar-refractivity contribution in [2.24, 2.45) is 0 Å². The Kier molecular flexibility index (Phi) is 2.46. The second kappa shape index (κ2) is 3.92. The second-order valence-electron chi connectivity index (χ2n) is 3.18. The Morgan fingerprint density at radius 1 is 1.20 bits per heavy atom. The van der Waals surface area contributed by atoms with E-state index < -0.39 is 0 Å².